The first-order valence-electron chi connectivity index (χ1n) is 5.96. The third-order valence-corrected chi connectivity index (χ3v) is 3.59. The first kappa shape index (κ1) is 11.9. The van der Waals surface area contributed by atoms with Gasteiger partial charge in [0.2, 0.25) is 0 Å². The van der Waals surface area contributed by atoms with E-state index in [1.807, 2.05) is 12.3 Å². The number of hydrogen-bond donors (Lipinski definition) is 1. The molecule has 0 radical (unpaired) electrons. The van der Waals surface area contributed by atoms with Gasteiger partial charge in [0.1, 0.15) is 5.82 Å². The Kier molecular flexibility index (Phi) is 3.18. The average molecular weight is 310 g/mol. The van der Waals surface area contributed by atoms with Crippen molar-refractivity contribution < 1.29 is 4.39 Å². The van der Waals surface area contributed by atoms with Crippen molar-refractivity contribution >= 4 is 15.9 Å². The molecule has 18 heavy (non-hydrogen) atoms. The van der Waals surface area contributed by atoms with Crippen molar-refractivity contribution in [3.05, 3.63) is 46.4 Å². The molecule has 1 aromatic heterocycles. The highest BCUT2D eigenvalue weighted by molar-refractivity contribution is 9.10. The Hall–Kier alpha value is -1.20. The fourth-order valence-electron chi connectivity index (χ4n) is 1.79. The Morgan fingerprint density at radius 1 is 1.39 bits per heavy atom. The van der Waals surface area contributed by atoms with Gasteiger partial charge < -0.3 is 5.32 Å². The third kappa shape index (κ3) is 2.62. The minimum absolute atomic E-state index is 0.256. The summed E-state index contributed by atoms with van der Waals surface area (Å²) in [6, 6.07) is 7.24. The Morgan fingerprint density at radius 3 is 2.94 bits per heavy atom. The molecule has 0 aliphatic heterocycles. The van der Waals surface area contributed by atoms with Gasteiger partial charge >= 0.3 is 0 Å². The maximum atomic E-state index is 13.0. The lowest BCUT2D eigenvalue weighted by atomic mass is 10.3. The maximum Gasteiger partial charge on any atom is 0.124 e. The van der Waals surface area contributed by atoms with Gasteiger partial charge in [0.25, 0.3) is 0 Å². The molecule has 1 saturated carbocycles. The molecule has 3 rings (SSSR count). The van der Waals surface area contributed by atoms with Crippen molar-refractivity contribution in [1.29, 1.82) is 0 Å². The molecule has 1 aliphatic rings. The molecule has 0 unspecified atom stereocenters. The van der Waals surface area contributed by atoms with Crippen LogP contribution < -0.4 is 5.32 Å². The van der Waals surface area contributed by atoms with E-state index in [2.05, 4.69) is 26.3 Å². The Morgan fingerprint density at radius 2 is 2.22 bits per heavy atom. The molecule has 5 heteroatoms. The molecule has 1 N–H and O–H groups in total. The molecule has 1 fully saturated rings. The number of nitrogens with zero attached hydrogens (tertiary/aromatic N) is 2. The summed E-state index contributed by atoms with van der Waals surface area (Å²) in [4.78, 5) is 0. The third-order valence-electron chi connectivity index (χ3n) is 2.95. The summed E-state index contributed by atoms with van der Waals surface area (Å²) >= 11 is 3.35. The molecule has 1 heterocycles. The van der Waals surface area contributed by atoms with Gasteiger partial charge in [-0.15, -0.1) is 0 Å². The number of nitrogens with one attached hydrogen (secondary N) is 1. The van der Waals surface area contributed by atoms with Crippen LogP contribution in [0.25, 0.3) is 5.69 Å². The summed E-state index contributed by atoms with van der Waals surface area (Å²) in [6.07, 6.45) is 4.43. The molecule has 0 amide bonds. The predicted molar refractivity (Wildman–Crippen MR) is 71.1 cm³/mol. The number of rotatable bonds is 4. The van der Waals surface area contributed by atoms with E-state index in [-0.39, 0.29) is 5.82 Å². The largest absolute Gasteiger partial charge is 0.308 e. The molecular formula is C13H13BrFN3. The van der Waals surface area contributed by atoms with Crippen LogP contribution in [0.5, 0.6) is 0 Å². The van der Waals surface area contributed by atoms with E-state index in [1.165, 1.54) is 25.0 Å². The first-order valence-corrected chi connectivity index (χ1v) is 6.75. The summed E-state index contributed by atoms with van der Waals surface area (Å²) in [5.74, 6) is -0.256. The summed E-state index contributed by atoms with van der Waals surface area (Å²) in [7, 11) is 0. The Labute approximate surface area is 113 Å². The van der Waals surface area contributed by atoms with Gasteiger partial charge in [-0.05, 0) is 53.0 Å². The minimum Gasteiger partial charge on any atom is -0.308 e. The number of benzene rings is 1. The van der Waals surface area contributed by atoms with Gasteiger partial charge in [0.05, 0.1) is 11.4 Å². The molecular weight excluding hydrogens is 297 g/mol. The van der Waals surface area contributed by atoms with Gasteiger partial charge in [-0.1, -0.05) is 0 Å². The van der Waals surface area contributed by atoms with Crippen molar-refractivity contribution in [3.8, 4) is 5.69 Å². The molecule has 0 bridgehead atoms. The van der Waals surface area contributed by atoms with Gasteiger partial charge in [-0.25, -0.2) is 9.07 Å². The van der Waals surface area contributed by atoms with Crippen LogP contribution in [0.4, 0.5) is 4.39 Å². The Balaban J connectivity index is 1.78. The second-order valence-electron chi connectivity index (χ2n) is 4.50. The zero-order valence-corrected chi connectivity index (χ0v) is 11.3. The molecule has 0 atom stereocenters. The van der Waals surface area contributed by atoms with Gasteiger partial charge in [-0.3, -0.25) is 0 Å². The lowest BCUT2D eigenvalue weighted by Gasteiger charge is -2.04. The van der Waals surface area contributed by atoms with Crippen LogP contribution in [0.1, 0.15) is 18.5 Å². The molecule has 94 valence electrons. The maximum absolute atomic E-state index is 13.0. The summed E-state index contributed by atoms with van der Waals surface area (Å²) in [5.41, 5.74) is 1.84. The van der Waals surface area contributed by atoms with Crippen LogP contribution >= 0.6 is 15.9 Å². The lowest BCUT2D eigenvalue weighted by Crippen LogP contribution is -2.15. The highest BCUT2D eigenvalue weighted by Crippen LogP contribution is 2.22. The van der Waals surface area contributed by atoms with Crippen LogP contribution in [0, 0.1) is 5.82 Å². The van der Waals surface area contributed by atoms with Crippen molar-refractivity contribution in [2.45, 2.75) is 25.4 Å². The normalized spacial score (nSPS) is 15.0. The average Bonchev–Trinajstić information content (AvgIpc) is 3.05. The lowest BCUT2D eigenvalue weighted by molar-refractivity contribution is 0.625. The molecule has 1 aromatic carbocycles. The highest BCUT2D eigenvalue weighted by atomic mass is 79.9. The van der Waals surface area contributed by atoms with E-state index < -0.39 is 0 Å². The SMILES string of the molecule is Fc1ccc(-n2ccc(CNC3CC3)n2)c(Br)c1. The van der Waals surface area contributed by atoms with Crippen LogP contribution in [0.3, 0.4) is 0 Å². The molecule has 1 aliphatic carbocycles. The van der Waals surface area contributed by atoms with E-state index in [4.69, 9.17) is 0 Å². The number of halogens is 2. The van der Waals surface area contributed by atoms with E-state index in [0.717, 1.165) is 17.9 Å². The Bertz CT molecular complexity index is 563. The van der Waals surface area contributed by atoms with E-state index >= 15 is 0 Å². The summed E-state index contributed by atoms with van der Waals surface area (Å²) in [5, 5.41) is 7.89. The topological polar surface area (TPSA) is 29.9 Å². The second kappa shape index (κ2) is 4.82. The van der Waals surface area contributed by atoms with E-state index in [0.29, 0.717) is 10.5 Å². The zero-order chi connectivity index (χ0) is 12.5. The predicted octanol–water partition coefficient (Wildman–Crippen LogP) is 3.03. The van der Waals surface area contributed by atoms with Crippen LogP contribution in [0.2, 0.25) is 0 Å². The van der Waals surface area contributed by atoms with Gasteiger partial charge in [0, 0.05) is 23.3 Å². The molecule has 2 aromatic rings. The monoisotopic (exact) mass is 309 g/mol. The van der Waals surface area contributed by atoms with E-state index in [1.54, 1.807) is 10.7 Å². The van der Waals surface area contributed by atoms with Crippen molar-refractivity contribution in [3.63, 3.8) is 0 Å². The summed E-state index contributed by atoms with van der Waals surface area (Å²) in [6.45, 7) is 0.788. The van der Waals surface area contributed by atoms with Gasteiger partial charge in [0.15, 0.2) is 0 Å². The first-order chi connectivity index (χ1) is 8.72. The number of hydrogen-bond acceptors (Lipinski definition) is 2. The van der Waals surface area contributed by atoms with Crippen molar-refractivity contribution in [1.82, 2.24) is 15.1 Å². The number of aromatic nitrogens is 2. The van der Waals surface area contributed by atoms with Gasteiger partial charge in [-0.2, -0.15) is 5.10 Å². The van der Waals surface area contributed by atoms with Crippen LogP contribution in [0.15, 0.2) is 34.9 Å². The highest BCUT2D eigenvalue weighted by Gasteiger charge is 2.20. The molecule has 3 nitrogen and oxygen atoms in total. The molecule has 0 spiro atoms. The standard InChI is InChI=1S/C13H13BrFN3/c14-12-7-9(15)1-4-13(12)18-6-5-11(17-18)8-16-10-2-3-10/h1,4-7,10,16H,2-3,8H2. The minimum atomic E-state index is -0.256. The van der Waals surface area contributed by atoms with Crippen molar-refractivity contribution in [2.24, 2.45) is 0 Å². The van der Waals surface area contributed by atoms with Crippen LogP contribution in [-0.2, 0) is 6.54 Å². The molecule has 0 saturated heterocycles. The summed E-state index contributed by atoms with van der Waals surface area (Å²) < 4.78 is 15.5. The quantitative estimate of drug-likeness (QED) is 0.941. The van der Waals surface area contributed by atoms with E-state index in [9.17, 15) is 4.39 Å². The van der Waals surface area contributed by atoms with Crippen LogP contribution in [-0.4, -0.2) is 15.8 Å². The second-order valence-corrected chi connectivity index (χ2v) is 5.36. The zero-order valence-electron chi connectivity index (χ0n) is 9.74. The fourth-order valence-corrected chi connectivity index (χ4v) is 2.33. The van der Waals surface area contributed by atoms with Crippen molar-refractivity contribution in [2.75, 3.05) is 0 Å². The fraction of sp³-hybridized carbons (Fsp3) is 0.308. The smallest absolute Gasteiger partial charge is 0.124 e.